The first-order valence-corrected chi connectivity index (χ1v) is 14.0. The summed E-state index contributed by atoms with van der Waals surface area (Å²) in [6.45, 7) is 11.6. The van der Waals surface area contributed by atoms with Gasteiger partial charge in [0, 0.05) is 118 Å². The molecule has 197 valence electrons. The molecule has 16 heteroatoms. The molecule has 41 heavy (non-hydrogen) atoms. The second-order valence-corrected chi connectivity index (χ2v) is 10.8. The molecule has 0 aromatic carbocycles. The van der Waals surface area contributed by atoms with Crippen molar-refractivity contribution in [1.82, 2.24) is 35.0 Å². The smallest absolute Gasteiger partial charge is 0.165 e. The van der Waals surface area contributed by atoms with Crippen LogP contribution in [0.15, 0.2) is 30.6 Å². The minimum atomic E-state index is -0.537. The molecule has 0 bridgehead atoms. The fourth-order valence-electron chi connectivity index (χ4n) is 5.13. The fraction of sp³-hybridized carbons (Fsp3) is 0.440. The largest absolute Gasteiger partial charge is 0.377 e. The summed E-state index contributed by atoms with van der Waals surface area (Å²) >= 11 is 0. The van der Waals surface area contributed by atoms with E-state index < -0.39 is 6.39 Å². The second-order valence-electron chi connectivity index (χ2n) is 10.8. The first-order valence-electron chi connectivity index (χ1n) is 14.0. The van der Waals surface area contributed by atoms with Crippen molar-refractivity contribution in [2.45, 2.75) is 33.4 Å². The number of pyridine rings is 1. The molecule has 0 spiro atoms. The van der Waals surface area contributed by atoms with Crippen LogP contribution in [0.4, 0.5) is 5.82 Å². The number of nitrogens with one attached hydrogen (secondary N) is 2. The maximum atomic E-state index is 5.69. The molecule has 0 amide bonds. The third kappa shape index (κ3) is 6.48. The number of aromatic nitrogens is 6. The Bertz CT molecular complexity index is 1480. The third-order valence-electron chi connectivity index (χ3n) is 7.68. The predicted octanol–water partition coefficient (Wildman–Crippen LogP) is 0.279. The van der Waals surface area contributed by atoms with E-state index in [0.29, 0.717) is 19.1 Å². The van der Waals surface area contributed by atoms with Crippen molar-refractivity contribution in [2.24, 2.45) is 5.92 Å². The van der Waals surface area contributed by atoms with Crippen molar-refractivity contribution in [2.75, 3.05) is 37.7 Å². The number of aromatic amines is 1. The monoisotopic (exact) mass is 535 g/mol. The Kier molecular flexibility index (Phi) is 9.39. The lowest BCUT2D eigenvalue weighted by Crippen LogP contribution is -2.44. The van der Waals surface area contributed by atoms with Gasteiger partial charge in [-0.2, -0.15) is 5.10 Å². The van der Waals surface area contributed by atoms with E-state index in [4.69, 9.17) is 50.8 Å². The number of hydrogen-bond acceptors (Lipinski definition) is 7. The molecular formula is C25H30B7N8O. The van der Waals surface area contributed by atoms with Crippen LogP contribution in [0, 0.1) is 19.8 Å². The van der Waals surface area contributed by atoms with Crippen LogP contribution in [0.25, 0.3) is 33.7 Å². The van der Waals surface area contributed by atoms with Gasteiger partial charge in [0.05, 0.1) is 36.2 Å². The van der Waals surface area contributed by atoms with Crippen LogP contribution in [0.3, 0.4) is 0 Å². The van der Waals surface area contributed by atoms with Crippen molar-refractivity contribution in [3.8, 4) is 22.6 Å². The molecule has 0 aliphatic carbocycles. The molecule has 4 aromatic rings. The van der Waals surface area contributed by atoms with Crippen LogP contribution in [0.5, 0.6) is 0 Å². The normalized spacial score (nSPS) is 17.0. The molecule has 2 saturated heterocycles. The van der Waals surface area contributed by atoms with E-state index in [0.717, 1.165) is 77.1 Å². The number of morpholine rings is 1. The van der Waals surface area contributed by atoms with Crippen LogP contribution in [-0.2, 0) is 11.3 Å². The fourth-order valence-corrected chi connectivity index (χ4v) is 5.13. The summed E-state index contributed by atoms with van der Waals surface area (Å²) in [5, 5.41) is 9.27. The Morgan fingerprint density at radius 3 is 2.63 bits per heavy atom. The van der Waals surface area contributed by atoms with Gasteiger partial charge in [-0.15, -0.1) is 0 Å². The molecule has 0 unspecified atom stereocenters. The van der Waals surface area contributed by atoms with Crippen molar-refractivity contribution in [3.63, 3.8) is 0 Å². The van der Waals surface area contributed by atoms with Gasteiger partial charge in [0.25, 0.3) is 0 Å². The maximum Gasteiger partial charge on any atom is 0.165 e. The van der Waals surface area contributed by atoms with Gasteiger partial charge in [-0.25, -0.2) is 15.0 Å². The van der Waals surface area contributed by atoms with Crippen LogP contribution in [0.2, 0.25) is 0 Å². The van der Waals surface area contributed by atoms with Gasteiger partial charge in [-0.1, -0.05) is 0 Å². The van der Waals surface area contributed by atoms with Crippen LogP contribution in [-0.4, -0.2) is 119 Å². The molecule has 6 heterocycles. The minimum Gasteiger partial charge on any atom is -0.377 e. The summed E-state index contributed by atoms with van der Waals surface area (Å²) in [7, 11) is 21.6. The highest BCUT2D eigenvalue weighted by atomic mass is 16.5. The quantitative estimate of drug-likeness (QED) is 0.329. The average molecular weight is 534 g/mol. The van der Waals surface area contributed by atoms with E-state index in [1.807, 2.05) is 18.5 Å². The Morgan fingerprint density at radius 1 is 1.17 bits per heavy atom. The molecule has 1 atom stereocenters. The molecule has 0 saturated carbocycles. The van der Waals surface area contributed by atoms with E-state index in [1.54, 1.807) is 0 Å². The molecule has 2 fully saturated rings. The average Bonchev–Trinajstić information content (AvgIpc) is 3.54. The van der Waals surface area contributed by atoms with E-state index in [2.05, 4.69) is 57.8 Å². The van der Waals surface area contributed by atoms with Crippen molar-refractivity contribution in [3.05, 3.63) is 42.0 Å². The van der Waals surface area contributed by atoms with Gasteiger partial charge in [-0.3, -0.25) is 4.68 Å². The molecule has 6 rings (SSSR count). The van der Waals surface area contributed by atoms with Crippen LogP contribution in [0.1, 0.15) is 18.3 Å². The predicted molar refractivity (Wildman–Crippen MR) is 172 cm³/mol. The maximum absolute atomic E-state index is 5.69. The molecule has 2 aliphatic heterocycles. The zero-order valence-corrected chi connectivity index (χ0v) is 23.9. The summed E-state index contributed by atoms with van der Waals surface area (Å²) in [6, 6.07) is 6.42. The SMILES string of the molecule is Cc1nn(CC2CNC2)c(C)c1-c1nc(-c2ccnc3[nH]ccc23)cc(N2CCOC[C@H]2C)n1.[B][B]B([B])B([B])[B]. The van der Waals surface area contributed by atoms with E-state index in [-0.39, 0.29) is 12.4 Å². The van der Waals surface area contributed by atoms with Gasteiger partial charge in [0.1, 0.15) is 11.5 Å². The standard InChI is InChI=1S/C25H30N8O.B7/c1-15-14-34-9-8-32(15)22-10-21(19-4-6-27-24-20(19)5-7-28-24)29-25(30-22)23-16(2)31-33(17(23)3)13-18-11-26-12-18;1-5-7(4)6(2)3/h4-7,10,15,18,26H,8-9,11-14H2,1-3H3,(H,27,28);/t15-;/m1./s1. The molecule has 9 radical (unpaired) electrons. The number of fused-ring (bicyclic) bond motifs is 1. The lowest BCUT2D eigenvalue weighted by molar-refractivity contribution is 0.0985. The molecule has 9 nitrogen and oxygen atoms in total. The van der Waals surface area contributed by atoms with Gasteiger partial charge >= 0.3 is 0 Å². The topological polar surface area (TPSA) is 96.8 Å². The van der Waals surface area contributed by atoms with Gasteiger partial charge in [-0.05, 0) is 32.9 Å². The van der Waals surface area contributed by atoms with Gasteiger partial charge in [0.2, 0.25) is 0 Å². The summed E-state index contributed by atoms with van der Waals surface area (Å²) in [6.07, 6.45) is 2.82. The third-order valence-corrected chi connectivity index (χ3v) is 7.68. The van der Waals surface area contributed by atoms with E-state index in [1.165, 1.54) is 7.06 Å². The van der Waals surface area contributed by atoms with E-state index >= 15 is 0 Å². The number of aryl methyl sites for hydroxylation is 1. The zero-order valence-electron chi connectivity index (χ0n) is 23.9. The van der Waals surface area contributed by atoms with Crippen molar-refractivity contribution < 1.29 is 4.74 Å². The number of anilines is 1. The Balaban J connectivity index is 0.000000431. The van der Waals surface area contributed by atoms with Gasteiger partial charge in [0.15, 0.2) is 5.82 Å². The van der Waals surface area contributed by atoms with Crippen molar-refractivity contribution in [1.29, 1.82) is 0 Å². The lowest BCUT2D eigenvalue weighted by atomic mass is 8.76. The van der Waals surface area contributed by atoms with Crippen LogP contribution >= 0.6 is 0 Å². The van der Waals surface area contributed by atoms with Crippen LogP contribution < -0.4 is 10.2 Å². The van der Waals surface area contributed by atoms with Gasteiger partial charge < -0.3 is 19.9 Å². The lowest BCUT2D eigenvalue weighted by Gasteiger charge is -2.34. The number of hydrogen-bond donors (Lipinski definition) is 2. The highest BCUT2D eigenvalue weighted by Crippen LogP contribution is 2.33. The summed E-state index contributed by atoms with van der Waals surface area (Å²) < 4.78 is 7.81. The zero-order chi connectivity index (χ0) is 29.1. The molecule has 2 N–H and O–H groups in total. The summed E-state index contributed by atoms with van der Waals surface area (Å²) in [4.78, 5) is 20.2. The van der Waals surface area contributed by atoms with E-state index in [9.17, 15) is 0 Å². The Morgan fingerprint density at radius 2 is 1.98 bits per heavy atom. The number of ether oxygens (including phenoxy) is 1. The second kappa shape index (κ2) is 13.0. The number of nitrogens with zero attached hydrogens (tertiary/aromatic N) is 6. The van der Waals surface area contributed by atoms with Crippen molar-refractivity contribution >= 4 is 67.6 Å². The molecular weight excluding hydrogens is 504 g/mol. The first kappa shape index (κ1) is 29.6. The number of H-pyrrole nitrogens is 1. The Hall–Kier alpha value is -2.85. The number of rotatable bonds is 7. The Labute approximate surface area is 248 Å². The summed E-state index contributed by atoms with van der Waals surface area (Å²) in [5.41, 5.74) is 5.89. The minimum absolute atomic E-state index is 0.241. The molecule has 2 aliphatic rings. The highest BCUT2D eigenvalue weighted by molar-refractivity contribution is 7.81. The molecule has 4 aromatic heterocycles. The first-order chi connectivity index (χ1) is 19.8. The highest BCUT2D eigenvalue weighted by Gasteiger charge is 2.26. The summed E-state index contributed by atoms with van der Waals surface area (Å²) in [5.74, 6) is 2.27.